The first kappa shape index (κ1) is 27.8. The fourth-order valence-electron chi connectivity index (χ4n) is 5.77. The molecule has 38 heavy (non-hydrogen) atoms. The standard InChI is InChI=1S/C27H35FN4O5S/c1-3-17-38(34,35)31-14-16-36-23-10-5-20-11-15-32(25(29)30)27(24(20)18-23,37-19(2)33)26(12-4-13-26)21-6-8-22(28)9-7-21/h5-10,18,31H,3-4,11-17H2,1-2H3,(H3,29,30). The van der Waals surface area contributed by atoms with E-state index < -0.39 is 27.1 Å². The van der Waals surface area contributed by atoms with E-state index in [1.165, 1.54) is 19.1 Å². The molecule has 0 amide bonds. The van der Waals surface area contributed by atoms with Crippen molar-refractivity contribution in [3.8, 4) is 5.75 Å². The minimum atomic E-state index is -3.36. The second-order valence-corrected chi connectivity index (χ2v) is 11.8. The van der Waals surface area contributed by atoms with Crippen molar-refractivity contribution in [1.82, 2.24) is 9.62 Å². The molecule has 0 aromatic heterocycles. The fourth-order valence-corrected chi connectivity index (χ4v) is 6.84. The molecule has 2 aromatic rings. The lowest BCUT2D eigenvalue weighted by Crippen LogP contribution is -2.69. The Hall–Kier alpha value is -3.18. The number of nitrogens with zero attached hydrogens (tertiary/aromatic N) is 1. The number of rotatable bonds is 10. The van der Waals surface area contributed by atoms with Gasteiger partial charge in [0, 0.05) is 25.6 Å². The number of guanidine groups is 1. The van der Waals surface area contributed by atoms with Crippen LogP contribution in [0.3, 0.4) is 0 Å². The number of hydrogen-bond acceptors (Lipinski definition) is 6. The Morgan fingerprint density at radius 3 is 2.50 bits per heavy atom. The topological polar surface area (TPSA) is 135 Å². The number of nitrogens with one attached hydrogen (secondary N) is 2. The highest BCUT2D eigenvalue weighted by Gasteiger charge is 2.64. The summed E-state index contributed by atoms with van der Waals surface area (Å²) >= 11 is 0. The van der Waals surface area contributed by atoms with Gasteiger partial charge in [-0.25, -0.2) is 17.5 Å². The van der Waals surface area contributed by atoms with E-state index in [0.29, 0.717) is 43.5 Å². The average molecular weight is 547 g/mol. The third kappa shape index (κ3) is 5.09. The normalized spacial score (nSPS) is 20.2. The van der Waals surface area contributed by atoms with Gasteiger partial charge in [-0.2, -0.15) is 0 Å². The lowest BCUT2D eigenvalue weighted by Gasteiger charge is -2.61. The quantitative estimate of drug-likeness (QED) is 0.180. The van der Waals surface area contributed by atoms with Crippen molar-refractivity contribution in [2.24, 2.45) is 5.73 Å². The summed E-state index contributed by atoms with van der Waals surface area (Å²) in [5.41, 5.74) is 6.26. The average Bonchev–Trinajstić information content (AvgIpc) is 2.82. The maximum atomic E-state index is 13.9. The van der Waals surface area contributed by atoms with Crippen LogP contribution in [0.2, 0.25) is 0 Å². The van der Waals surface area contributed by atoms with Gasteiger partial charge in [-0.1, -0.05) is 31.5 Å². The van der Waals surface area contributed by atoms with E-state index in [1.54, 1.807) is 36.1 Å². The van der Waals surface area contributed by atoms with Gasteiger partial charge in [0.1, 0.15) is 18.2 Å². The van der Waals surface area contributed by atoms with Gasteiger partial charge in [-0.05, 0) is 61.1 Å². The van der Waals surface area contributed by atoms with Crippen LogP contribution in [0.1, 0.15) is 56.2 Å². The van der Waals surface area contributed by atoms with Crippen molar-refractivity contribution in [1.29, 1.82) is 5.41 Å². The molecule has 11 heteroatoms. The molecule has 0 spiro atoms. The SMILES string of the molecule is CCCS(=O)(=O)NCCOc1ccc2c(c1)C(OC(C)=O)(C1(c3ccc(F)cc3)CCC1)N(C(=N)N)CC2. The lowest BCUT2D eigenvalue weighted by molar-refractivity contribution is -0.214. The summed E-state index contributed by atoms with van der Waals surface area (Å²) in [7, 11) is -3.36. The predicted octanol–water partition coefficient (Wildman–Crippen LogP) is 3.12. The molecule has 1 fully saturated rings. The number of esters is 1. The van der Waals surface area contributed by atoms with Crippen molar-refractivity contribution in [3.05, 3.63) is 65.0 Å². The van der Waals surface area contributed by atoms with Gasteiger partial charge in [0.2, 0.25) is 15.7 Å². The molecule has 0 saturated heterocycles. The zero-order valence-corrected chi connectivity index (χ0v) is 22.6. The molecule has 1 aliphatic heterocycles. The Labute approximate surface area is 223 Å². The second kappa shape index (κ2) is 10.9. The highest BCUT2D eigenvalue weighted by atomic mass is 32.2. The van der Waals surface area contributed by atoms with Gasteiger partial charge in [-0.15, -0.1) is 0 Å². The molecule has 2 aromatic carbocycles. The van der Waals surface area contributed by atoms with E-state index in [2.05, 4.69) is 4.72 Å². The summed E-state index contributed by atoms with van der Waals surface area (Å²) in [6.07, 6.45) is 3.21. The number of hydrogen-bond donors (Lipinski definition) is 3. The van der Waals surface area contributed by atoms with E-state index in [1.807, 2.05) is 6.07 Å². The van der Waals surface area contributed by atoms with Crippen LogP contribution in [0.4, 0.5) is 4.39 Å². The molecule has 1 unspecified atom stereocenters. The number of benzene rings is 2. The molecule has 4 rings (SSSR count). The lowest BCUT2D eigenvalue weighted by atomic mass is 9.55. The van der Waals surface area contributed by atoms with Crippen LogP contribution in [0, 0.1) is 11.2 Å². The minimum Gasteiger partial charge on any atom is -0.492 e. The van der Waals surface area contributed by atoms with Gasteiger partial charge >= 0.3 is 5.97 Å². The van der Waals surface area contributed by atoms with E-state index in [-0.39, 0.29) is 30.7 Å². The summed E-state index contributed by atoms with van der Waals surface area (Å²) in [6.45, 7) is 3.69. The van der Waals surface area contributed by atoms with Crippen LogP contribution in [0.25, 0.3) is 0 Å². The van der Waals surface area contributed by atoms with Crippen LogP contribution >= 0.6 is 0 Å². The molecule has 1 saturated carbocycles. The molecular formula is C27H35FN4O5S. The zero-order valence-electron chi connectivity index (χ0n) is 21.8. The monoisotopic (exact) mass is 546 g/mol. The highest BCUT2D eigenvalue weighted by Crippen LogP contribution is 2.60. The molecule has 0 radical (unpaired) electrons. The van der Waals surface area contributed by atoms with Crippen molar-refractivity contribution in [3.63, 3.8) is 0 Å². The third-order valence-corrected chi connectivity index (χ3v) is 9.02. The number of carbonyl (C=O) groups is 1. The molecule has 0 bridgehead atoms. The molecule has 1 aliphatic carbocycles. The molecule has 4 N–H and O–H groups in total. The smallest absolute Gasteiger partial charge is 0.305 e. The number of nitrogens with two attached hydrogens (primary N) is 1. The summed E-state index contributed by atoms with van der Waals surface area (Å²) in [5, 5.41) is 8.44. The van der Waals surface area contributed by atoms with Gasteiger partial charge in [0.15, 0.2) is 5.96 Å². The Morgan fingerprint density at radius 1 is 1.21 bits per heavy atom. The van der Waals surface area contributed by atoms with E-state index in [9.17, 15) is 17.6 Å². The van der Waals surface area contributed by atoms with E-state index in [4.69, 9.17) is 20.6 Å². The largest absolute Gasteiger partial charge is 0.492 e. The maximum Gasteiger partial charge on any atom is 0.305 e. The van der Waals surface area contributed by atoms with Crippen molar-refractivity contribution < 1.29 is 27.1 Å². The van der Waals surface area contributed by atoms with E-state index in [0.717, 1.165) is 17.5 Å². The maximum absolute atomic E-state index is 13.9. The van der Waals surface area contributed by atoms with Gasteiger partial charge in [0.25, 0.3) is 0 Å². The number of sulfonamides is 1. The zero-order chi connectivity index (χ0) is 27.6. The first-order valence-electron chi connectivity index (χ1n) is 12.9. The molecule has 206 valence electrons. The molecule has 1 heterocycles. The van der Waals surface area contributed by atoms with Gasteiger partial charge < -0.3 is 20.1 Å². The molecular weight excluding hydrogens is 511 g/mol. The van der Waals surface area contributed by atoms with Crippen LogP contribution in [-0.4, -0.2) is 50.7 Å². The summed E-state index contributed by atoms with van der Waals surface area (Å²) in [4.78, 5) is 14.3. The highest BCUT2D eigenvalue weighted by molar-refractivity contribution is 7.89. The minimum absolute atomic E-state index is 0.0447. The summed E-state index contributed by atoms with van der Waals surface area (Å²) in [6, 6.07) is 11.7. The van der Waals surface area contributed by atoms with Crippen molar-refractivity contribution in [2.75, 3.05) is 25.4 Å². The first-order chi connectivity index (χ1) is 18.0. The van der Waals surface area contributed by atoms with Crippen molar-refractivity contribution >= 4 is 22.0 Å². The number of ether oxygens (including phenoxy) is 2. The fraction of sp³-hybridized carbons (Fsp3) is 0.481. The number of halogens is 1. The summed E-state index contributed by atoms with van der Waals surface area (Å²) in [5.74, 6) is -0.629. The first-order valence-corrected chi connectivity index (χ1v) is 14.5. The van der Waals surface area contributed by atoms with Crippen LogP contribution in [0.15, 0.2) is 42.5 Å². The molecule has 2 aliphatic rings. The Kier molecular flexibility index (Phi) is 7.98. The number of carbonyl (C=O) groups excluding carboxylic acids is 1. The Bertz CT molecular complexity index is 1300. The third-order valence-electron chi connectivity index (χ3n) is 7.43. The Morgan fingerprint density at radius 2 is 1.92 bits per heavy atom. The Balaban J connectivity index is 1.78. The van der Waals surface area contributed by atoms with Crippen LogP contribution in [-0.2, 0) is 37.1 Å². The summed E-state index contributed by atoms with van der Waals surface area (Å²) < 4.78 is 52.5. The second-order valence-electron chi connectivity index (χ2n) is 9.85. The van der Waals surface area contributed by atoms with Gasteiger partial charge in [0.05, 0.1) is 11.2 Å². The van der Waals surface area contributed by atoms with Crippen LogP contribution in [0.5, 0.6) is 5.75 Å². The molecule has 9 nitrogen and oxygen atoms in total. The number of fused-ring (bicyclic) bond motifs is 1. The van der Waals surface area contributed by atoms with E-state index >= 15 is 0 Å². The predicted molar refractivity (Wildman–Crippen MR) is 142 cm³/mol. The van der Waals surface area contributed by atoms with Crippen molar-refractivity contribution in [2.45, 2.75) is 57.1 Å². The van der Waals surface area contributed by atoms with Gasteiger partial charge in [-0.3, -0.25) is 10.2 Å². The molecule has 1 atom stereocenters. The van der Waals surface area contributed by atoms with Crippen LogP contribution < -0.4 is 15.2 Å².